The van der Waals surface area contributed by atoms with Crippen LogP contribution in [0.25, 0.3) is 0 Å². The van der Waals surface area contributed by atoms with Crippen LogP contribution in [-0.4, -0.2) is 105 Å². The number of carbonyl (C=O) groups is 4. The van der Waals surface area contributed by atoms with E-state index in [0.717, 1.165) is 18.4 Å². The molecule has 4 atom stereocenters. The van der Waals surface area contributed by atoms with E-state index in [1.54, 1.807) is 28.4 Å². The molecule has 4 unspecified atom stereocenters. The number of carbonyl (C=O) groups excluding carboxylic acids is 4. The summed E-state index contributed by atoms with van der Waals surface area (Å²) in [6, 6.07) is 8.18. The van der Waals surface area contributed by atoms with E-state index in [4.69, 9.17) is 11.1 Å². The topological polar surface area (TPSA) is 144 Å². The minimum absolute atomic E-state index is 0.0140. The van der Waals surface area contributed by atoms with E-state index in [1.807, 2.05) is 35.2 Å². The Labute approximate surface area is 250 Å². The van der Waals surface area contributed by atoms with Crippen LogP contribution in [0, 0.1) is 11.3 Å². The minimum atomic E-state index is -0.740. The lowest BCUT2D eigenvalue weighted by atomic mass is 9.89. The van der Waals surface area contributed by atoms with Crippen molar-refractivity contribution in [1.29, 1.82) is 5.41 Å². The molecule has 3 saturated heterocycles. The number of nitrogens with one attached hydrogen (secondary N) is 1. The van der Waals surface area contributed by atoms with Crippen molar-refractivity contribution in [2.75, 3.05) is 33.2 Å². The van der Waals surface area contributed by atoms with Gasteiger partial charge in [-0.2, -0.15) is 0 Å². The van der Waals surface area contributed by atoms with E-state index in [-0.39, 0.29) is 48.0 Å². The Morgan fingerprint density at radius 2 is 1.93 bits per heavy atom. The zero-order valence-electron chi connectivity index (χ0n) is 24.0. The van der Waals surface area contributed by atoms with E-state index < -0.39 is 12.1 Å². The van der Waals surface area contributed by atoms with Crippen molar-refractivity contribution in [1.82, 2.24) is 24.6 Å². The highest BCUT2D eigenvalue weighted by atomic mass is 32.1. The quantitative estimate of drug-likeness (QED) is 0.257. The molecule has 0 radical (unpaired) electrons. The molecule has 3 amide bonds. The molecule has 0 bridgehead atoms. The average molecular weight is 594 g/mol. The van der Waals surface area contributed by atoms with E-state index >= 15 is 0 Å². The maximum absolute atomic E-state index is 14.0. The predicted molar refractivity (Wildman–Crippen MR) is 159 cm³/mol. The van der Waals surface area contributed by atoms with Gasteiger partial charge in [0, 0.05) is 44.7 Å². The second kappa shape index (κ2) is 13.0. The summed E-state index contributed by atoms with van der Waals surface area (Å²) >= 11 is 1.25. The highest BCUT2D eigenvalue weighted by Crippen LogP contribution is 2.32. The summed E-state index contributed by atoms with van der Waals surface area (Å²) < 4.78 is 0. The number of amides is 3. The molecular formula is C30H39N7O4S. The number of likely N-dealkylation sites (tertiary alicyclic amines) is 1. The van der Waals surface area contributed by atoms with E-state index in [9.17, 15) is 19.2 Å². The molecule has 1 aromatic carbocycles. The van der Waals surface area contributed by atoms with Crippen LogP contribution >= 0.6 is 11.3 Å². The normalized spacial score (nSPS) is 22.9. The van der Waals surface area contributed by atoms with Crippen LogP contribution in [0.15, 0.2) is 41.9 Å². The molecule has 0 aliphatic carbocycles. The smallest absolute Gasteiger partial charge is 0.245 e. The average Bonchev–Trinajstić information content (AvgIpc) is 3.69. The maximum atomic E-state index is 14.0. The molecule has 3 aliphatic rings. The van der Waals surface area contributed by atoms with Crippen molar-refractivity contribution in [2.24, 2.45) is 11.7 Å². The van der Waals surface area contributed by atoms with Crippen LogP contribution < -0.4 is 5.73 Å². The van der Waals surface area contributed by atoms with Gasteiger partial charge in [0.05, 0.1) is 18.6 Å². The SMILES string of the molecule is CN(C(=O)C1CCC2CN(C(=O)CCc3ccccc3)CC(=O)N21)C(CC1CCCN(C(=N)N)C1)C(=O)c1nccs1. The zero-order chi connectivity index (χ0) is 29.8. The number of piperidine rings is 1. The van der Waals surface area contributed by atoms with Crippen LogP contribution in [0.4, 0.5) is 0 Å². The Kier molecular flexibility index (Phi) is 9.20. The molecule has 3 N–H and O–H groups in total. The lowest BCUT2D eigenvalue weighted by Gasteiger charge is -2.41. The standard InChI is InChI=1S/C30H39N7O4S/c1-34(24(27(40)28-33-13-15-42-28)16-21-8-5-14-35(17-21)30(31)32)29(41)23-11-10-22-18-36(19-26(39)37(22)23)25(38)12-9-20-6-3-2-4-7-20/h2-4,6-7,13,15,21-24H,5,8-12,14,16-19H2,1H3,(H3,31,32). The van der Waals surface area contributed by atoms with Gasteiger partial charge in [-0.25, -0.2) is 4.98 Å². The Morgan fingerprint density at radius 1 is 1.14 bits per heavy atom. The molecule has 11 nitrogen and oxygen atoms in total. The number of nitrogens with two attached hydrogens (primary N) is 1. The van der Waals surface area contributed by atoms with Crippen molar-refractivity contribution in [3.8, 4) is 0 Å². The maximum Gasteiger partial charge on any atom is 0.245 e. The third-order valence-electron chi connectivity index (χ3n) is 8.83. The number of aromatic nitrogens is 1. The molecule has 42 heavy (non-hydrogen) atoms. The van der Waals surface area contributed by atoms with Gasteiger partial charge in [-0.1, -0.05) is 30.3 Å². The van der Waals surface area contributed by atoms with Gasteiger partial charge in [0.2, 0.25) is 23.5 Å². The first-order chi connectivity index (χ1) is 20.2. The number of thiazole rings is 1. The lowest BCUT2D eigenvalue weighted by Crippen LogP contribution is -2.60. The number of piperazine rings is 1. The molecule has 4 heterocycles. The first-order valence-corrected chi connectivity index (χ1v) is 15.5. The van der Waals surface area contributed by atoms with Gasteiger partial charge in [0.15, 0.2) is 11.0 Å². The van der Waals surface area contributed by atoms with Crippen molar-refractivity contribution >= 4 is 40.8 Å². The van der Waals surface area contributed by atoms with Crippen LogP contribution in [0.3, 0.4) is 0 Å². The van der Waals surface area contributed by atoms with Gasteiger partial charge in [-0.15, -0.1) is 11.3 Å². The number of hydrogen-bond donors (Lipinski definition) is 2. The minimum Gasteiger partial charge on any atom is -0.370 e. The fourth-order valence-electron chi connectivity index (χ4n) is 6.60. The highest BCUT2D eigenvalue weighted by Gasteiger charge is 2.47. The second-order valence-corrected chi connectivity index (χ2v) is 12.4. The Balaban J connectivity index is 1.25. The largest absolute Gasteiger partial charge is 0.370 e. The molecule has 12 heteroatoms. The summed E-state index contributed by atoms with van der Waals surface area (Å²) in [5.74, 6) is -0.662. The second-order valence-electron chi connectivity index (χ2n) is 11.5. The Morgan fingerprint density at radius 3 is 2.64 bits per heavy atom. The Bertz CT molecular complexity index is 1300. The summed E-state index contributed by atoms with van der Waals surface area (Å²) in [6.45, 7) is 1.64. The zero-order valence-corrected chi connectivity index (χ0v) is 24.8. The molecule has 0 spiro atoms. The van der Waals surface area contributed by atoms with Gasteiger partial charge in [-0.05, 0) is 50.0 Å². The molecule has 3 fully saturated rings. The number of aryl methyl sites for hydroxylation is 1. The number of hydrogen-bond acceptors (Lipinski definition) is 7. The number of guanidine groups is 1. The van der Waals surface area contributed by atoms with Crippen LogP contribution in [0.5, 0.6) is 0 Å². The van der Waals surface area contributed by atoms with Crippen molar-refractivity contribution in [2.45, 2.75) is 63.1 Å². The van der Waals surface area contributed by atoms with Gasteiger partial charge < -0.3 is 25.3 Å². The third-order valence-corrected chi connectivity index (χ3v) is 9.62. The third kappa shape index (κ3) is 6.48. The molecule has 1 aromatic heterocycles. The summed E-state index contributed by atoms with van der Waals surface area (Å²) in [5.41, 5.74) is 6.82. The lowest BCUT2D eigenvalue weighted by molar-refractivity contribution is -0.153. The number of nitrogens with zero attached hydrogens (tertiary/aromatic N) is 5. The van der Waals surface area contributed by atoms with E-state index in [1.165, 1.54) is 16.2 Å². The molecule has 3 aliphatic heterocycles. The predicted octanol–water partition coefficient (Wildman–Crippen LogP) is 1.98. The van der Waals surface area contributed by atoms with E-state index in [0.29, 0.717) is 56.7 Å². The molecule has 5 rings (SSSR count). The molecular weight excluding hydrogens is 554 g/mol. The summed E-state index contributed by atoms with van der Waals surface area (Å²) in [7, 11) is 1.64. The fourth-order valence-corrected chi connectivity index (χ4v) is 7.22. The van der Waals surface area contributed by atoms with Gasteiger partial charge in [0.25, 0.3) is 0 Å². The van der Waals surface area contributed by atoms with Gasteiger partial charge in [0.1, 0.15) is 6.04 Å². The fraction of sp³-hybridized carbons (Fsp3) is 0.533. The van der Waals surface area contributed by atoms with Crippen molar-refractivity contribution < 1.29 is 19.2 Å². The highest BCUT2D eigenvalue weighted by molar-refractivity contribution is 7.11. The van der Waals surface area contributed by atoms with E-state index in [2.05, 4.69) is 4.98 Å². The van der Waals surface area contributed by atoms with Crippen LogP contribution in [0.2, 0.25) is 0 Å². The number of likely N-dealkylation sites (N-methyl/N-ethyl adjacent to an activating group) is 1. The molecule has 224 valence electrons. The van der Waals surface area contributed by atoms with Gasteiger partial charge >= 0.3 is 0 Å². The summed E-state index contributed by atoms with van der Waals surface area (Å²) in [5, 5.41) is 9.93. The first kappa shape index (κ1) is 29.7. The number of Topliss-reactive ketones (excluding diaryl/α,β-unsaturated/α-hetero) is 1. The van der Waals surface area contributed by atoms with Gasteiger partial charge in [-0.3, -0.25) is 24.6 Å². The number of rotatable bonds is 9. The number of fused-ring (bicyclic) bond motifs is 1. The number of benzene rings is 1. The summed E-state index contributed by atoms with van der Waals surface area (Å²) in [4.78, 5) is 64.7. The molecule has 2 aromatic rings. The van der Waals surface area contributed by atoms with Crippen LogP contribution in [-0.2, 0) is 20.8 Å². The Hall–Kier alpha value is -3.80. The number of ketones is 1. The summed E-state index contributed by atoms with van der Waals surface area (Å²) in [6.07, 6.45) is 5.80. The van der Waals surface area contributed by atoms with Crippen molar-refractivity contribution in [3.63, 3.8) is 0 Å². The monoisotopic (exact) mass is 593 g/mol. The molecule has 0 saturated carbocycles. The first-order valence-electron chi connectivity index (χ1n) is 14.6. The van der Waals surface area contributed by atoms with Crippen molar-refractivity contribution in [3.05, 3.63) is 52.5 Å². The van der Waals surface area contributed by atoms with Crippen LogP contribution in [0.1, 0.15) is 53.9 Å².